The number of benzene rings is 1. The number of aryl methyl sites for hydroxylation is 1. The van der Waals surface area contributed by atoms with E-state index in [4.69, 9.17) is 5.73 Å². The fourth-order valence-corrected chi connectivity index (χ4v) is 3.14. The molecule has 0 aliphatic heterocycles. The summed E-state index contributed by atoms with van der Waals surface area (Å²) in [5.74, 6) is 0. The molecule has 1 unspecified atom stereocenters. The molecule has 1 atom stereocenters. The van der Waals surface area contributed by atoms with Gasteiger partial charge in [0.1, 0.15) is 6.04 Å². The summed E-state index contributed by atoms with van der Waals surface area (Å²) >= 11 is 1.44. The van der Waals surface area contributed by atoms with Crippen LogP contribution in [-0.4, -0.2) is 4.98 Å². The lowest BCUT2D eigenvalue weighted by Crippen LogP contribution is -1.87. The highest BCUT2D eigenvalue weighted by atomic mass is 32.1. The number of nitrogens with two attached hydrogens (primary N) is 1. The van der Waals surface area contributed by atoms with Gasteiger partial charge in [-0.2, -0.15) is 4.91 Å². The highest BCUT2D eigenvalue weighted by Gasteiger charge is 2.26. The minimum atomic E-state index is -0.205. The molecular formula is C10H9N3OS. The molecule has 2 aromatic rings. The summed E-state index contributed by atoms with van der Waals surface area (Å²) in [6.07, 6.45) is 1.75. The maximum absolute atomic E-state index is 10.7. The first-order chi connectivity index (χ1) is 7.29. The normalized spacial score (nSPS) is 19.3. The van der Waals surface area contributed by atoms with E-state index in [0.717, 1.165) is 28.6 Å². The Balaban J connectivity index is 2.36. The lowest BCUT2D eigenvalue weighted by atomic mass is 10.1. The SMILES string of the molecule is Nc1nc2ccc3c(c2s1)C(N=O)CC3. The average molecular weight is 219 g/mol. The van der Waals surface area contributed by atoms with Gasteiger partial charge in [-0.1, -0.05) is 22.6 Å². The van der Waals surface area contributed by atoms with Crippen LogP contribution >= 0.6 is 11.3 Å². The molecule has 0 amide bonds. The number of hydrogen-bond acceptors (Lipinski definition) is 5. The number of fused-ring (bicyclic) bond motifs is 3. The van der Waals surface area contributed by atoms with Gasteiger partial charge in [-0.15, -0.1) is 0 Å². The number of hydrogen-bond donors (Lipinski definition) is 1. The largest absolute Gasteiger partial charge is 0.375 e. The molecule has 1 aromatic carbocycles. The Morgan fingerprint density at radius 1 is 1.53 bits per heavy atom. The van der Waals surface area contributed by atoms with Crippen molar-refractivity contribution in [1.82, 2.24) is 4.98 Å². The molecule has 1 heterocycles. The van der Waals surface area contributed by atoms with E-state index in [2.05, 4.69) is 10.2 Å². The zero-order valence-electron chi connectivity index (χ0n) is 7.93. The number of nitrogen functional groups attached to an aromatic ring is 1. The first-order valence-electron chi connectivity index (χ1n) is 4.80. The van der Waals surface area contributed by atoms with Gasteiger partial charge in [0.2, 0.25) is 0 Å². The van der Waals surface area contributed by atoms with Crippen molar-refractivity contribution in [3.05, 3.63) is 28.2 Å². The Bertz CT molecular complexity index is 549. The standard InChI is InChI=1S/C10H9N3OS/c11-10-12-7-4-2-5-1-3-6(13-14)8(5)9(7)15-10/h2,4,6H,1,3H2,(H2,11,12). The van der Waals surface area contributed by atoms with Gasteiger partial charge in [-0.25, -0.2) is 4.98 Å². The first-order valence-corrected chi connectivity index (χ1v) is 5.61. The highest BCUT2D eigenvalue weighted by Crippen LogP contribution is 2.41. The Labute approximate surface area is 90.1 Å². The predicted octanol–water partition coefficient (Wildman–Crippen LogP) is 2.63. The summed E-state index contributed by atoms with van der Waals surface area (Å²) in [4.78, 5) is 14.9. The van der Waals surface area contributed by atoms with Gasteiger partial charge in [-0.3, -0.25) is 0 Å². The third kappa shape index (κ3) is 1.16. The topological polar surface area (TPSA) is 68.3 Å². The van der Waals surface area contributed by atoms with Crippen LogP contribution in [0, 0.1) is 4.91 Å². The van der Waals surface area contributed by atoms with Crippen LogP contribution in [0.15, 0.2) is 17.3 Å². The number of nitrogens with zero attached hydrogens (tertiary/aromatic N) is 2. The summed E-state index contributed by atoms with van der Waals surface area (Å²) in [5.41, 5.74) is 8.82. The molecule has 4 nitrogen and oxygen atoms in total. The van der Waals surface area contributed by atoms with E-state index in [9.17, 15) is 4.91 Å². The smallest absolute Gasteiger partial charge is 0.181 e. The van der Waals surface area contributed by atoms with E-state index in [1.807, 2.05) is 12.1 Å². The molecule has 1 aliphatic rings. The van der Waals surface area contributed by atoms with E-state index in [0.29, 0.717) is 5.13 Å². The van der Waals surface area contributed by atoms with Crippen LogP contribution < -0.4 is 5.73 Å². The van der Waals surface area contributed by atoms with Crippen molar-refractivity contribution >= 4 is 26.7 Å². The van der Waals surface area contributed by atoms with E-state index in [-0.39, 0.29) is 6.04 Å². The number of nitroso groups, excluding NO2 is 1. The molecule has 0 saturated carbocycles. The van der Waals surface area contributed by atoms with E-state index in [1.54, 1.807) is 0 Å². The van der Waals surface area contributed by atoms with Gasteiger partial charge >= 0.3 is 0 Å². The second kappa shape index (κ2) is 3.00. The Hall–Kier alpha value is -1.49. The minimum Gasteiger partial charge on any atom is -0.375 e. The molecule has 5 heteroatoms. The molecule has 15 heavy (non-hydrogen) atoms. The predicted molar refractivity (Wildman–Crippen MR) is 60.9 cm³/mol. The summed E-state index contributed by atoms with van der Waals surface area (Å²) in [7, 11) is 0. The van der Waals surface area contributed by atoms with Crippen molar-refractivity contribution in [1.29, 1.82) is 0 Å². The van der Waals surface area contributed by atoms with Crippen molar-refractivity contribution in [2.24, 2.45) is 5.18 Å². The van der Waals surface area contributed by atoms with Gasteiger partial charge in [0.25, 0.3) is 0 Å². The molecule has 0 radical (unpaired) electrons. The fraction of sp³-hybridized carbons (Fsp3) is 0.300. The number of rotatable bonds is 1. The maximum Gasteiger partial charge on any atom is 0.181 e. The highest BCUT2D eigenvalue weighted by molar-refractivity contribution is 7.22. The summed E-state index contributed by atoms with van der Waals surface area (Å²) in [6, 6.07) is 3.79. The van der Waals surface area contributed by atoms with Crippen LogP contribution in [0.2, 0.25) is 0 Å². The van der Waals surface area contributed by atoms with Crippen LogP contribution in [0.25, 0.3) is 10.2 Å². The van der Waals surface area contributed by atoms with Gasteiger partial charge in [0, 0.05) is 5.56 Å². The average Bonchev–Trinajstić information content (AvgIpc) is 2.78. The molecule has 0 fully saturated rings. The van der Waals surface area contributed by atoms with Crippen LogP contribution in [0.1, 0.15) is 23.6 Å². The summed E-state index contributed by atoms with van der Waals surface area (Å²) in [6.45, 7) is 0. The van der Waals surface area contributed by atoms with Gasteiger partial charge in [0.05, 0.1) is 10.2 Å². The zero-order chi connectivity index (χ0) is 10.4. The van der Waals surface area contributed by atoms with Crippen LogP contribution in [0.4, 0.5) is 5.13 Å². The van der Waals surface area contributed by atoms with Crippen molar-refractivity contribution < 1.29 is 0 Å². The third-order valence-electron chi connectivity index (χ3n) is 2.85. The summed E-state index contributed by atoms with van der Waals surface area (Å²) < 4.78 is 1.03. The molecular weight excluding hydrogens is 210 g/mol. The molecule has 0 saturated heterocycles. The molecule has 0 spiro atoms. The second-order valence-electron chi connectivity index (χ2n) is 3.70. The second-order valence-corrected chi connectivity index (χ2v) is 4.73. The lowest BCUT2D eigenvalue weighted by molar-refractivity contribution is 0.714. The number of aromatic nitrogens is 1. The molecule has 76 valence electrons. The monoisotopic (exact) mass is 219 g/mol. The number of anilines is 1. The fourth-order valence-electron chi connectivity index (χ4n) is 2.20. The van der Waals surface area contributed by atoms with Crippen molar-refractivity contribution in [3.8, 4) is 0 Å². The van der Waals surface area contributed by atoms with Gasteiger partial charge in [0.15, 0.2) is 5.13 Å². The van der Waals surface area contributed by atoms with Crippen molar-refractivity contribution in [2.75, 3.05) is 5.73 Å². The zero-order valence-corrected chi connectivity index (χ0v) is 8.75. The van der Waals surface area contributed by atoms with Crippen LogP contribution in [0.5, 0.6) is 0 Å². The van der Waals surface area contributed by atoms with Gasteiger partial charge < -0.3 is 5.73 Å². The van der Waals surface area contributed by atoms with E-state index < -0.39 is 0 Å². The molecule has 2 N–H and O–H groups in total. The van der Waals surface area contributed by atoms with Crippen molar-refractivity contribution in [2.45, 2.75) is 18.9 Å². The minimum absolute atomic E-state index is 0.205. The Morgan fingerprint density at radius 2 is 2.40 bits per heavy atom. The van der Waals surface area contributed by atoms with Crippen LogP contribution in [-0.2, 0) is 6.42 Å². The van der Waals surface area contributed by atoms with Crippen molar-refractivity contribution in [3.63, 3.8) is 0 Å². The first kappa shape index (κ1) is 8.79. The quantitative estimate of drug-likeness (QED) is 0.749. The lowest BCUT2D eigenvalue weighted by Gasteiger charge is -2.02. The van der Waals surface area contributed by atoms with E-state index >= 15 is 0 Å². The Kier molecular flexibility index (Phi) is 1.76. The molecule has 1 aromatic heterocycles. The van der Waals surface area contributed by atoms with E-state index in [1.165, 1.54) is 16.9 Å². The third-order valence-corrected chi connectivity index (χ3v) is 3.78. The summed E-state index contributed by atoms with van der Waals surface area (Å²) in [5, 5.41) is 3.73. The molecule has 0 bridgehead atoms. The maximum atomic E-state index is 10.7. The number of thiazole rings is 1. The molecule has 3 rings (SSSR count). The Morgan fingerprint density at radius 3 is 3.20 bits per heavy atom. The van der Waals surface area contributed by atoms with Crippen LogP contribution in [0.3, 0.4) is 0 Å². The molecule has 1 aliphatic carbocycles. The van der Waals surface area contributed by atoms with Gasteiger partial charge in [-0.05, 0) is 24.5 Å².